The monoisotopic (exact) mass is 658 g/mol. The Morgan fingerprint density at radius 2 is 1.93 bits per heavy atom. The molecular weight excluding hydrogens is 648 g/mol. The number of hydrogen-bond donors (Lipinski definition) is 1. The number of halogens is 4. The largest absolute Gasteiger partial charge is 0.465 e. The molecule has 14 heteroatoms. The van der Waals surface area contributed by atoms with E-state index >= 15 is 0 Å². The molecule has 4 atom stereocenters. The zero-order valence-corrected chi connectivity index (χ0v) is 19.1. The van der Waals surface area contributed by atoms with Crippen LogP contribution in [0.1, 0.15) is 23.2 Å². The molecule has 9 nitrogen and oxygen atoms in total. The number of hydrogen-bond acceptors (Lipinski definition) is 8. The number of alkyl halides is 2. The van der Waals surface area contributed by atoms with Gasteiger partial charge in [0.05, 0.1) is 9.99 Å². The van der Waals surface area contributed by atoms with Gasteiger partial charge in [0, 0.05) is 9.99 Å². The molecule has 29 heavy (non-hydrogen) atoms. The van der Waals surface area contributed by atoms with Crippen LogP contribution in [0.25, 0.3) is 0 Å². The fourth-order valence-corrected chi connectivity index (χ4v) is 4.93. The summed E-state index contributed by atoms with van der Waals surface area (Å²) in [5, 5.41) is -5.11. The van der Waals surface area contributed by atoms with E-state index in [0.29, 0.717) is 12.9 Å². The standard InChI is InChI=1S/C15H10F2I2O9S/c16-15(17,29(22,23)24)13(21)26-7-3-9-14(4-8(7)25-9)27-11-6(19)2-1-5(18)10(11)12(20)28-14/h1-2,7-9H,3-4H2,(H,22,23,24). The molecule has 0 radical (unpaired) electrons. The average Bonchev–Trinajstić information content (AvgIpc) is 3.14. The van der Waals surface area contributed by atoms with Crippen LogP contribution in [0.15, 0.2) is 12.1 Å². The maximum absolute atomic E-state index is 13.4. The van der Waals surface area contributed by atoms with E-state index in [-0.39, 0.29) is 18.4 Å². The summed E-state index contributed by atoms with van der Waals surface area (Å²) in [6.45, 7) is 0. The Labute approximate surface area is 189 Å². The van der Waals surface area contributed by atoms with E-state index in [1.165, 1.54) is 0 Å². The van der Waals surface area contributed by atoms with Crippen molar-refractivity contribution in [2.45, 2.75) is 42.2 Å². The van der Waals surface area contributed by atoms with Crippen LogP contribution in [0, 0.1) is 7.14 Å². The van der Waals surface area contributed by atoms with Gasteiger partial charge in [0.1, 0.15) is 23.9 Å². The molecule has 0 saturated carbocycles. The molecule has 1 aromatic carbocycles. The van der Waals surface area contributed by atoms with Gasteiger partial charge >= 0.3 is 27.3 Å². The maximum atomic E-state index is 13.4. The van der Waals surface area contributed by atoms with Gasteiger partial charge in [-0.25, -0.2) is 9.59 Å². The minimum atomic E-state index is -5.98. The van der Waals surface area contributed by atoms with Crippen molar-refractivity contribution in [3.8, 4) is 5.75 Å². The number of benzene rings is 1. The van der Waals surface area contributed by atoms with Gasteiger partial charge in [0.25, 0.3) is 5.79 Å². The van der Waals surface area contributed by atoms with E-state index < -0.39 is 51.4 Å². The van der Waals surface area contributed by atoms with Crippen LogP contribution in [0.4, 0.5) is 8.78 Å². The predicted molar refractivity (Wildman–Crippen MR) is 105 cm³/mol. The van der Waals surface area contributed by atoms with Crippen LogP contribution in [-0.4, -0.2) is 54.3 Å². The second-order valence-corrected chi connectivity index (χ2v) is 10.4. The molecule has 3 aliphatic heterocycles. The molecule has 0 aliphatic carbocycles. The van der Waals surface area contributed by atoms with E-state index in [1.807, 2.05) is 45.2 Å². The molecule has 4 rings (SSSR count). The molecule has 0 aromatic heterocycles. The normalized spacial score (nSPS) is 30.7. The number of rotatable bonds is 3. The third-order valence-corrected chi connectivity index (χ3v) is 7.36. The van der Waals surface area contributed by atoms with Crippen molar-refractivity contribution < 1.29 is 50.3 Å². The highest BCUT2D eigenvalue weighted by molar-refractivity contribution is 14.1. The highest BCUT2D eigenvalue weighted by atomic mass is 127. The first-order valence-electron chi connectivity index (χ1n) is 7.97. The summed E-state index contributed by atoms with van der Waals surface area (Å²) in [7, 11) is -5.98. The topological polar surface area (TPSA) is 125 Å². The van der Waals surface area contributed by atoms with Gasteiger partial charge in [-0.2, -0.15) is 17.2 Å². The van der Waals surface area contributed by atoms with E-state index in [2.05, 4.69) is 4.74 Å². The van der Waals surface area contributed by atoms with Crippen molar-refractivity contribution in [2.75, 3.05) is 0 Å². The van der Waals surface area contributed by atoms with Crippen LogP contribution < -0.4 is 4.74 Å². The summed E-state index contributed by atoms with van der Waals surface area (Å²) in [4.78, 5) is 24.1. The predicted octanol–water partition coefficient (Wildman–Crippen LogP) is 2.09. The zero-order valence-electron chi connectivity index (χ0n) is 13.9. The van der Waals surface area contributed by atoms with E-state index in [0.717, 1.165) is 0 Å². The molecule has 2 saturated heterocycles. The molecule has 0 amide bonds. The lowest BCUT2D eigenvalue weighted by atomic mass is 9.90. The van der Waals surface area contributed by atoms with Gasteiger partial charge in [-0.1, -0.05) is 0 Å². The van der Waals surface area contributed by atoms with E-state index in [9.17, 15) is 26.8 Å². The molecule has 3 aliphatic rings. The number of ether oxygens (including phenoxy) is 4. The van der Waals surface area contributed by atoms with Crippen molar-refractivity contribution in [3.05, 3.63) is 24.8 Å². The number of fused-ring (bicyclic) bond motifs is 4. The second-order valence-electron chi connectivity index (χ2n) is 6.58. The quantitative estimate of drug-likeness (QED) is 0.296. The summed E-state index contributed by atoms with van der Waals surface area (Å²) in [6, 6.07) is 3.48. The number of carbonyl (C=O) groups excluding carboxylic acids is 2. The van der Waals surface area contributed by atoms with Crippen molar-refractivity contribution in [2.24, 2.45) is 0 Å². The Hall–Kier alpha value is -0.850. The first-order valence-corrected chi connectivity index (χ1v) is 11.6. The first-order chi connectivity index (χ1) is 13.4. The molecule has 1 aromatic rings. The smallest absolute Gasteiger partial charge is 0.454 e. The molecule has 1 N–H and O–H groups in total. The first kappa shape index (κ1) is 21.4. The lowest BCUT2D eigenvalue weighted by molar-refractivity contribution is -0.192. The van der Waals surface area contributed by atoms with Crippen LogP contribution in [0.2, 0.25) is 0 Å². The van der Waals surface area contributed by atoms with Crippen LogP contribution in [-0.2, 0) is 29.1 Å². The van der Waals surface area contributed by atoms with Gasteiger partial charge in [-0.15, -0.1) is 0 Å². The molecule has 2 bridgehead atoms. The summed E-state index contributed by atoms with van der Waals surface area (Å²) in [5.41, 5.74) is 0.265. The van der Waals surface area contributed by atoms with Crippen molar-refractivity contribution >= 4 is 67.2 Å². The van der Waals surface area contributed by atoms with Gasteiger partial charge < -0.3 is 18.9 Å². The van der Waals surface area contributed by atoms with Crippen LogP contribution >= 0.6 is 45.2 Å². The fraction of sp³-hybridized carbons (Fsp3) is 0.467. The molecule has 158 valence electrons. The third kappa shape index (κ3) is 3.30. The summed E-state index contributed by atoms with van der Waals surface area (Å²) in [5.74, 6) is -4.23. The lowest BCUT2D eigenvalue weighted by Crippen LogP contribution is -2.54. The molecule has 3 heterocycles. The number of esters is 2. The fourth-order valence-electron chi connectivity index (χ4n) is 3.47. The van der Waals surface area contributed by atoms with Crippen molar-refractivity contribution in [1.82, 2.24) is 0 Å². The van der Waals surface area contributed by atoms with Crippen molar-refractivity contribution in [1.29, 1.82) is 0 Å². The van der Waals surface area contributed by atoms with E-state index in [1.54, 1.807) is 12.1 Å². The highest BCUT2D eigenvalue weighted by Gasteiger charge is 2.65. The molecule has 4 unspecified atom stereocenters. The Morgan fingerprint density at radius 1 is 1.28 bits per heavy atom. The van der Waals surface area contributed by atoms with E-state index in [4.69, 9.17) is 18.8 Å². The Bertz CT molecular complexity index is 1030. The van der Waals surface area contributed by atoms with Crippen molar-refractivity contribution in [3.63, 3.8) is 0 Å². The Balaban J connectivity index is 1.53. The van der Waals surface area contributed by atoms with Gasteiger partial charge in [-0.3, -0.25) is 4.55 Å². The highest BCUT2D eigenvalue weighted by Crippen LogP contribution is 2.50. The maximum Gasteiger partial charge on any atom is 0.465 e. The van der Waals surface area contributed by atoms with Crippen LogP contribution in [0.3, 0.4) is 0 Å². The zero-order chi connectivity index (χ0) is 21.4. The minimum Gasteiger partial charge on any atom is -0.454 e. The summed E-state index contributed by atoms with van der Waals surface area (Å²) >= 11 is 3.96. The minimum absolute atomic E-state index is 0.111. The second kappa shape index (κ2) is 6.83. The molecule has 2 fully saturated rings. The third-order valence-electron chi connectivity index (χ3n) is 4.80. The van der Waals surface area contributed by atoms with Gasteiger partial charge in [0.2, 0.25) is 0 Å². The lowest BCUT2D eigenvalue weighted by Gasteiger charge is -2.40. The van der Waals surface area contributed by atoms with Gasteiger partial charge in [0.15, 0.2) is 5.75 Å². The number of carbonyl (C=O) groups is 2. The molecule has 1 spiro atoms. The Kier molecular flexibility index (Phi) is 5.03. The molecular formula is C15H10F2I2O9S. The van der Waals surface area contributed by atoms with Crippen LogP contribution in [0.5, 0.6) is 5.75 Å². The Morgan fingerprint density at radius 3 is 2.52 bits per heavy atom. The average molecular weight is 658 g/mol. The van der Waals surface area contributed by atoms with Gasteiger partial charge in [-0.05, 0) is 57.3 Å². The SMILES string of the molecule is O=C1OC2(CC3OC2CC3OC(=O)C(F)(F)S(=O)(=O)O)Oc2c(I)ccc(I)c21. The summed E-state index contributed by atoms with van der Waals surface area (Å²) < 4.78 is 79.6. The summed E-state index contributed by atoms with van der Waals surface area (Å²) in [6.07, 6.45) is -3.38.